The molecular formula is C17H26N2O3. The van der Waals surface area contributed by atoms with E-state index in [4.69, 9.17) is 4.74 Å². The van der Waals surface area contributed by atoms with Crippen LogP contribution in [-0.2, 0) is 0 Å². The molecule has 0 bridgehead atoms. The van der Waals surface area contributed by atoms with Gasteiger partial charge in [-0.2, -0.15) is 0 Å². The van der Waals surface area contributed by atoms with E-state index in [1.54, 1.807) is 18.7 Å². The van der Waals surface area contributed by atoms with Crippen molar-refractivity contribution in [2.75, 3.05) is 19.7 Å². The Labute approximate surface area is 132 Å². The predicted molar refractivity (Wildman–Crippen MR) is 86.2 cm³/mol. The number of likely N-dealkylation sites (N-methyl/N-ethyl adjacent to an activating group) is 1. The molecule has 5 nitrogen and oxygen atoms in total. The lowest BCUT2D eigenvalue weighted by molar-refractivity contribution is 0.0474. The molecule has 2 atom stereocenters. The van der Waals surface area contributed by atoms with E-state index in [9.17, 15) is 9.90 Å². The maximum atomic E-state index is 12.4. The molecule has 0 saturated heterocycles. The zero-order valence-corrected chi connectivity index (χ0v) is 13.8. The zero-order chi connectivity index (χ0) is 16.3. The van der Waals surface area contributed by atoms with E-state index >= 15 is 0 Å². The third-order valence-electron chi connectivity index (χ3n) is 3.94. The Hall–Kier alpha value is -1.75. The number of benzene rings is 1. The molecule has 0 aliphatic carbocycles. The molecule has 2 amide bonds. The highest BCUT2D eigenvalue weighted by Gasteiger charge is 2.31. The lowest BCUT2D eigenvalue weighted by Gasteiger charge is -2.30. The highest BCUT2D eigenvalue weighted by molar-refractivity contribution is 5.74. The number of ether oxygens (including phenoxy) is 1. The fourth-order valence-electron chi connectivity index (χ4n) is 2.78. The van der Waals surface area contributed by atoms with E-state index in [2.05, 4.69) is 5.32 Å². The van der Waals surface area contributed by atoms with E-state index in [1.165, 1.54) is 0 Å². The van der Waals surface area contributed by atoms with Gasteiger partial charge in [0.15, 0.2) is 0 Å². The summed E-state index contributed by atoms with van der Waals surface area (Å²) < 4.78 is 5.68. The van der Waals surface area contributed by atoms with Crippen LogP contribution in [-0.4, -0.2) is 47.4 Å². The lowest BCUT2D eigenvalue weighted by Crippen LogP contribution is -2.50. The molecule has 0 saturated carbocycles. The monoisotopic (exact) mass is 306 g/mol. The van der Waals surface area contributed by atoms with Gasteiger partial charge < -0.3 is 20.1 Å². The number of nitrogens with one attached hydrogen (secondary N) is 1. The van der Waals surface area contributed by atoms with Gasteiger partial charge in [0.25, 0.3) is 0 Å². The second kappa shape index (κ2) is 6.57. The SMILES string of the molecule is CCN(CC(C)(C)O)C(=O)NC(C)C1COc2ccccc21. The molecule has 1 aromatic carbocycles. The van der Waals surface area contributed by atoms with Gasteiger partial charge in [-0.25, -0.2) is 4.79 Å². The van der Waals surface area contributed by atoms with E-state index in [1.807, 2.05) is 38.1 Å². The predicted octanol–water partition coefficient (Wildman–Crippen LogP) is 2.35. The molecule has 0 radical (unpaired) electrons. The Morgan fingerprint density at radius 2 is 2.18 bits per heavy atom. The lowest BCUT2D eigenvalue weighted by atomic mass is 9.94. The second-order valence-electron chi connectivity index (χ2n) is 6.52. The minimum atomic E-state index is -0.903. The van der Waals surface area contributed by atoms with E-state index in [-0.39, 0.29) is 18.0 Å². The third-order valence-corrected chi connectivity index (χ3v) is 3.94. The highest BCUT2D eigenvalue weighted by Crippen LogP contribution is 2.35. The number of carbonyl (C=O) groups is 1. The maximum absolute atomic E-state index is 12.4. The summed E-state index contributed by atoms with van der Waals surface area (Å²) in [6.45, 7) is 8.75. The molecule has 0 fully saturated rings. The van der Waals surface area contributed by atoms with Gasteiger partial charge >= 0.3 is 6.03 Å². The van der Waals surface area contributed by atoms with Crippen LogP contribution in [0.2, 0.25) is 0 Å². The van der Waals surface area contributed by atoms with Crippen LogP contribution in [0.25, 0.3) is 0 Å². The molecule has 122 valence electrons. The summed E-state index contributed by atoms with van der Waals surface area (Å²) in [5.74, 6) is 1.05. The number of nitrogens with zero attached hydrogens (tertiary/aromatic N) is 1. The van der Waals surface area contributed by atoms with E-state index in [0.717, 1.165) is 11.3 Å². The Morgan fingerprint density at radius 1 is 1.50 bits per heavy atom. The van der Waals surface area contributed by atoms with Crippen molar-refractivity contribution in [2.24, 2.45) is 0 Å². The summed E-state index contributed by atoms with van der Waals surface area (Å²) in [4.78, 5) is 14.0. The first-order chi connectivity index (χ1) is 10.3. The minimum Gasteiger partial charge on any atom is -0.493 e. The number of carbonyl (C=O) groups excluding carboxylic acids is 1. The molecule has 2 N–H and O–H groups in total. The van der Waals surface area contributed by atoms with Crippen molar-refractivity contribution in [2.45, 2.75) is 45.3 Å². The van der Waals surface area contributed by atoms with E-state index in [0.29, 0.717) is 19.7 Å². The molecule has 0 spiro atoms. The Balaban J connectivity index is 2.00. The first-order valence-corrected chi connectivity index (χ1v) is 7.81. The number of urea groups is 1. The standard InChI is InChI=1S/C17H26N2O3/c1-5-19(11-17(3,4)21)16(20)18-12(2)14-10-22-15-9-7-6-8-13(14)15/h6-9,12,14,21H,5,10-11H2,1-4H3,(H,18,20). The summed E-state index contributed by atoms with van der Waals surface area (Å²) in [5, 5.41) is 12.9. The van der Waals surface area contributed by atoms with Gasteiger partial charge in [0.05, 0.1) is 18.8 Å². The summed E-state index contributed by atoms with van der Waals surface area (Å²) >= 11 is 0. The van der Waals surface area contributed by atoms with Crippen LogP contribution in [0.1, 0.15) is 39.2 Å². The second-order valence-corrected chi connectivity index (χ2v) is 6.52. The normalized spacial score (nSPS) is 18.3. The first kappa shape index (κ1) is 16.6. The van der Waals surface area contributed by atoms with Gasteiger partial charge in [0, 0.05) is 24.1 Å². The van der Waals surface area contributed by atoms with Crippen molar-refractivity contribution >= 4 is 6.03 Å². The Bertz CT molecular complexity index is 525. The molecule has 5 heteroatoms. The molecule has 22 heavy (non-hydrogen) atoms. The van der Waals surface area contributed by atoms with Crippen molar-refractivity contribution < 1.29 is 14.6 Å². The number of fused-ring (bicyclic) bond motifs is 1. The highest BCUT2D eigenvalue weighted by atomic mass is 16.5. The van der Waals surface area contributed by atoms with Crippen LogP contribution in [0.4, 0.5) is 4.79 Å². The molecule has 0 aromatic heterocycles. The Morgan fingerprint density at radius 3 is 2.82 bits per heavy atom. The summed E-state index contributed by atoms with van der Waals surface area (Å²) in [5.41, 5.74) is 0.237. The minimum absolute atomic E-state index is 0.0352. The number of aliphatic hydroxyl groups is 1. The molecule has 2 rings (SSSR count). The quantitative estimate of drug-likeness (QED) is 0.878. The average Bonchev–Trinajstić information content (AvgIpc) is 2.87. The summed E-state index contributed by atoms with van der Waals surface area (Å²) in [6, 6.07) is 7.75. The van der Waals surface area contributed by atoms with Gasteiger partial charge in [-0.15, -0.1) is 0 Å². The topological polar surface area (TPSA) is 61.8 Å². The van der Waals surface area contributed by atoms with Crippen molar-refractivity contribution in [1.29, 1.82) is 0 Å². The molecule has 1 aliphatic rings. The summed E-state index contributed by atoms with van der Waals surface area (Å²) in [7, 11) is 0. The van der Waals surface area contributed by atoms with Crippen LogP contribution in [0.15, 0.2) is 24.3 Å². The molecular weight excluding hydrogens is 280 g/mol. The molecule has 1 aromatic rings. The Kier molecular flexibility index (Phi) is 4.96. The van der Waals surface area contributed by atoms with Crippen LogP contribution >= 0.6 is 0 Å². The molecule has 1 aliphatic heterocycles. The number of hydrogen-bond acceptors (Lipinski definition) is 3. The number of rotatable bonds is 5. The third kappa shape index (κ3) is 3.91. The largest absolute Gasteiger partial charge is 0.493 e. The fraction of sp³-hybridized carbons (Fsp3) is 0.588. The maximum Gasteiger partial charge on any atom is 0.317 e. The van der Waals surface area contributed by atoms with Gasteiger partial charge in [0.2, 0.25) is 0 Å². The van der Waals surface area contributed by atoms with Crippen LogP contribution in [0, 0.1) is 0 Å². The average molecular weight is 306 g/mol. The molecule has 1 heterocycles. The van der Waals surface area contributed by atoms with Gasteiger partial charge in [-0.05, 0) is 33.8 Å². The van der Waals surface area contributed by atoms with Crippen LogP contribution in [0.5, 0.6) is 5.75 Å². The van der Waals surface area contributed by atoms with Gasteiger partial charge in [-0.1, -0.05) is 18.2 Å². The van der Waals surface area contributed by atoms with Gasteiger partial charge in [0.1, 0.15) is 5.75 Å². The van der Waals surface area contributed by atoms with Crippen molar-refractivity contribution in [3.8, 4) is 5.75 Å². The fourth-order valence-corrected chi connectivity index (χ4v) is 2.78. The first-order valence-electron chi connectivity index (χ1n) is 7.81. The van der Waals surface area contributed by atoms with Crippen molar-refractivity contribution in [3.05, 3.63) is 29.8 Å². The van der Waals surface area contributed by atoms with Gasteiger partial charge in [-0.3, -0.25) is 0 Å². The van der Waals surface area contributed by atoms with E-state index < -0.39 is 5.60 Å². The number of para-hydroxylation sites is 1. The van der Waals surface area contributed by atoms with Crippen LogP contribution < -0.4 is 10.1 Å². The zero-order valence-electron chi connectivity index (χ0n) is 13.8. The van der Waals surface area contributed by atoms with Crippen molar-refractivity contribution in [3.63, 3.8) is 0 Å². The summed E-state index contributed by atoms with van der Waals surface area (Å²) in [6.07, 6.45) is 0. The number of amides is 2. The van der Waals surface area contributed by atoms with Crippen LogP contribution in [0.3, 0.4) is 0 Å². The van der Waals surface area contributed by atoms with Crippen molar-refractivity contribution in [1.82, 2.24) is 10.2 Å². The smallest absolute Gasteiger partial charge is 0.317 e. The molecule has 2 unspecified atom stereocenters. The number of hydrogen-bond donors (Lipinski definition) is 2.